The highest BCUT2D eigenvalue weighted by Gasteiger charge is 2.34. The van der Waals surface area contributed by atoms with E-state index < -0.39 is 0 Å². The summed E-state index contributed by atoms with van der Waals surface area (Å²) < 4.78 is 7.49. The Morgan fingerprint density at radius 3 is 0.667 bits per heavy atom. The van der Waals surface area contributed by atoms with Crippen molar-refractivity contribution in [1.82, 2.24) is 28.7 Å². The van der Waals surface area contributed by atoms with Crippen LogP contribution in [0.3, 0.4) is 0 Å². The Morgan fingerprint density at radius 1 is 0.238 bits per heavy atom. The molecule has 13 rings (SSSR count). The number of nitrogens with zero attached hydrogens (tertiary/aromatic N) is 6. The molecule has 0 atom stereocenters. The quantitative estimate of drug-likeness (QED) is 0.168. The van der Waals surface area contributed by atoms with Crippen molar-refractivity contribution in [2.24, 2.45) is 0 Å². The molecule has 13 aromatic rings. The lowest BCUT2D eigenvalue weighted by Gasteiger charge is -2.30. The Labute approximate surface area is 362 Å². The van der Waals surface area contributed by atoms with Gasteiger partial charge in [0.15, 0.2) is 0 Å². The lowest BCUT2D eigenvalue weighted by molar-refractivity contribution is 1.10. The van der Waals surface area contributed by atoms with E-state index in [2.05, 4.69) is 196 Å². The van der Waals surface area contributed by atoms with Crippen LogP contribution in [-0.4, -0.2) is 28.7 Å². The number of fused-ring (bicyclic) bond motifs is 9. The van der Waals surface area contributed by atoms with E-state index in [1.807, 2.05) is 37.2 Å². The molecule has 0 radical (unpaired) electrons. The third kappa shape index (κ3) is 5.15. The normalized spacial score (nSPS) is 11.8. The van der Waals surface area contributed by atoms with Gasteiger partial charge in [0.1, 0.15) is 0 Å². The number of aromatic nitrogens is 6. The van der Waals surface area contributed by atoms with Crippen LogP contribution in [0.5, 0.6) is 0 Å². The largest absolute Gasteiger partial charge is 0.308 e. The second kappa shape index (κ2) is 14.0. The van der Waals surface area contributed by atoms with Crippen molar-refractivity contribution in [2.75, 3.05) is 0 Å². The zero-order valence-corrected chi connectivity index (χ0v) is 34.0. The Bertz CT molecular complexity index is 3310. The molecule has 6 heteroatoms. The number of para-hydroxylation sites is 6. The van der Waals surface area contributed by atoms with Gasteiger partial charge in [-0.3, -0.25) is 15.0 Å². The maximum absolute atomic E-state index is 4.87. The van der Waals surface area contributed by atoms with E-state index in [9.17, 15) is 0 Å². The number of benzene rings is 7. The minimum Gasteiger partial charge on any atom is -0.308 e. The first kappa shape index (κ1) is 35.2. The predicted octanol–water partition coefficient (Wildman–Crippen LogP) is 14.2. The van der Waals surface area contributed by atoms with Gasteiger partial charge in [0, 0.05) is 103 Å². The molecular formula is C57H36N6. The highest BCUT2D eigenvalue weighted by atomic mass is 15.1. The van der Waals surface area contributed by atoms with Crippen molar-refractivity contribution in [2.45, 2.75) is 0 Å². The molecule has 294 valence electrons. The molecule has 0 saturated heterocycles. The summed E-state index contributed by atoms with van der Waals surface area (Å²) >= 11 is 0. The molecule has 0 aliphatic carbocycles. The maximum Gasteiger partial charge on any atom is 0.0662 e. The molecule has 0 fully saturated rings. The van der Waals surface area contributed by atoms with Gasteiger partial charge in [-0.15, -0.1) is 0 Å². The number of rotatable bonds is 6. The molecule has 0 unspecified atom stereocenters. The smallest absolute Gasteiger partial charge is 0.0662 e. The zero-order valence-electron chi connectivity index (χ0n) is 34.0. The van der Waals surface area contributed by atoms with Crippen LogP contribution in [-0.2, 0) is 0 Å². The molecule has 7 aromatic carbocycles. The fourth-order valence-corrected chi connectivity index (χ4v) is 10.2. The Balaban J connectivity index is 1.42. The number of pyridine rings is 3. The summed E-state index contributed by atoms with van der Waals surface area (Å²) in [6, 6.07) is 65.5. The molecular weight excluding hydrogens is 769 g/mol. The van der Waals surface area contributed by atoms with E-state index in [0.717, 1.165) is 83.5 Å². The summed E-state index contributed by atoms with van der Waals surface area (Å²) in [5.74, 6) is 0. The summed E-state index contributed by atoms with van der Waals surface area (Å²) in [6.07, 6.45) is 11.6. The SMILES string of the molecule is c1cncc(-c2c(-n3c4ccccc4c4ccccc43)c(-c3cccnc3)c(-n3c4ccccc4c4ccccc43)c(-c3cccnc3)c2-n2c3ccccc3c3ccccc32)c1. The van der Waals surface area contributed by atoms with E-state index in [1.165, 1.54) is 32.3 Å². The summed E-state index contributed by atoms with van der Waals surface area (Å²) in [4.78, 5) is 14.6. The molecule has 0 aliphatic rings. The second-order valence-electron chi connectivity index (χ2n) is 16.0. The van der Waals surface area contributed by atoms with Crippen LogP contribution in [0.15, 0.2) is 219 Å². The topological polar surface area (TPSA) is 53.5 Å². The van der Waals surface area contributed by atoms with Crippen LogP contribution < -0.4 is 0 Å². The molecule has 0 spiro atoms. The van der Waals surface area contributed by atoms with Crippen LogP contribution in [0.2, 0.25) is 0 Å². The monoisotopic (exact) mass is 804 g/mol. The van der Waals surface area contributed by atoms with Crippen LogP contribution in [0, 0.1) is 0 Å². The summed E-state index contributed by atoms with van der Waals surface area (Å²) in [6.45, 7) is 0. The molecule has 6 heterocycles. The van der Waals surface area contributed by atoms with Crippen LogP contribution in [0.1, 0.15) is 0 Å². The Kier molecular flexibility index (Phi) is 7.80. The van der Waals surface area contributed by atoms with Crippen molar-refractivity contribution in [3.63, 3.8) is 0 Å². The van der Waals surface area contributed by atoms with Gasteiger partial charge < -0.3 is 13.7 Å². The molecule has 0 N–H and O–H groups in total. The van der Waals surface area contributed by atoms with Crippen molar-refractivity contribution in [1.29, 1.82) is 0 Å². The van der Waals surface area contributed by atoms with Gasteiger partial charge >= 0.3 is 0 Å². The molecule has 0 aliphatic heterocycles. The van der Waals surface area contributed by atoms with Crippen molar-refractivity contribution in [3.05, 3.63) is 219 Å². The van der Waals surface area contributed by atoms with E-state index in [4.69, 9.17) is 15.0 Å². The van der Waals surface area contributed by atoms with Crippen molar-refractivity contribution >= 4 is 65.4 Å². The highest BCUT2D eigenvalue weighted by molar-refractivity contribution is 6.17. The summed E-state index contributed by atoms with van der Waals surface area (Å²) in [5.41, 5.74) is 15.7. The maximum atomic E-state index is 4.87. The molecule has 6 aromatic heterocycles. The fraction of sp³-hybridized carbons (Fsp3) is 0. The first-order chi connectivity index (χ1) is 31.3. The van der Waals surface area contributed by atoms with Gasteiger partial charge in [0.25, 0.3) is 0 Å². The fourth-order valence-electron chi connectivity index (χ4n) is 10.2. The standard InChI is InChI=1S/C57H36N6/c1-7-25-46-40(19-1)41-20-2-8-26-47(41)61(46)55-52(37-16-13-31-58-34-37)56(62-48-27-9-3-21-42(48)43-22-4-10-28-49(43)62)54(39-18-15-33-60-36-39)57(53(55)38-17-14-32-59-35-38)63-50-29-11-5-23-44(50)45-24-6-12-30-51(45)63/h1-36H. The average molecular weight is 805 g/mol. The van der Waals surface area contributed by atoms with Gasteiger partial charge in [-0.05, 0) is 54.6 Å². The third-order valence-electron chi connectivity index (χ3n) is 12.7. The van der Waals surface area contributed by atoms with Crippen molar-refractivity contribution < 1.29 is 0 Å². The molecule has 6 nitrogen and oxygen atoms in total. The summed E-state index contributed by atoms with van der Waals surface area (Å²) in [7, 11) is 0. The molecule has 0 saturated carbocycles. The van der Waals surface area contributed by atoms with Gasteiger partial charge in [0.05, 0.1) is 50.2 Å². The first-order valence-corrected chi connectivity index (χ1v) is 21.3. The minimum atomic E-state index is 0.982. The minimum absolute atomic E-state index is 0.982. The van der Waals surface area contributed by atoms with E-state index >= 15 is 0 Å². The second-order valence-corrected chi connectivity index (χ2v) is 16.0. The zero-order chi connectivity index (χ0) is 41.4. The van der Waals surface area contributed by atoms with Crippen LogP contribution >= 0.6 is 0 Å². The highest BCUT2D eigenvalue weighted by Crippen LogP contribution is 2.54. The van der Waals surface area contributed by atoms with E-state index in [1.54, 1.807) is 0 Å². The van der Waals surface area contributed by atoms with E-state index in [-0.39, 0.29) is 0 Å². The molecule has 63 heavy (non-hydrogen) atoms. The first-order valence-electron chi connectivity index (χ1n) is 21.3. The Hall–Kier alpha value is -8.61. The van der Waals surface area contributed by atoms with Gasteiger partial charge in [-0.25, -0.2) is 0 Å². The predicted molar refractivity (Wildman–Crippen MR) is 259 cm³/mol. The van der Waals surface area contributed by atoms with Gasteiger partial charge in [-0.1, -0.05) is 127 Å². The lowest BCUT2D eigenvalue weighted by Crippen LogP contribution is -2.13. The average Bonchev–Trinajstić information content (AvgIpc) is 4.00. The lowest BCUT2D eigenvalue weighted by atomic mass is 9.86. The third-order valence-corrected chi connectivity index (χ3v) is 12.7. The van der Waals surface area contributed by atoms with Crippen LogP contribution in [0.4, 0.5) is 0 Å². The summed E-state index contributed by atoms with van der Waals surface area (Å²) in [5, 5.41) is 7.06. The van der Waals surface area contributed by atoms with Gasteiger partial charge in [0.2, 0.25) is 0 Å². The van der Waals surface area contributed by atoms with Crippen molar-refractivity contribution in [3.8, 4) is 50.4 Å². The van der Waals surface area contributed by atoms with Crippen LogP contribution in [0.25, 0.3) is 116 Å². The van der Waals surface area contributed by atoms with Gasteiger partial charge in [-0.2, -0.15) is 0 Å². The Morgan fingerprint density at radius 2 is 0.460 bits per heavy atom. The van der Waals surface area contributed by atoms with E-state index in [0.29, 0.717) is 0 Å². The number of hydrogen-bond acceptors (Lipinski definition) is 3. The molecule has 0 bridgehead atoms. The molecule has 0 amide bonds. The number of hydrogen-bond donors (Lipinski definition) is 0.